The molecule has 0 saturated heterocycles. The molecule has 0 aliphatic rings. The summed E-state index contributed by atoms with van der Waals surface area (Å²) in [5.41, 5.74) is 3.46. The maximum absolute atomic E-state index is 4.61. The predicted molar refractivity (Wildman–Crippen MR) is 87.3 cm³/mol. The van der Waals surface area contributed by atoms with Gasteiger partial charge in [-0.2, -0.15) is 5.10 Å². The van der Waals surface area contributed by atoms with Crippen molar-refractivity contribution >= 4 is 15.9 Å². The van der Waals surface area contributed by atoms with Gasteiger partial charge in [-0.25, -0.2) is 4.68 Å². The van der Waals surface area contributed by atoms with Gasteiger partial charge in [0.2, 0.25) is 0 Å². The first kappa shape index (κ1) is 15.3. The van der Waals surface area contributed by atoms with E-state index in [9.17, 15) is 0 Å². The van der Waals surface area contributed by atoms with E-state index in [1.165, 1.54) is 5.56 Å². The average Bonchev–Trinajstić information content (AvgIpc) is 2.86. The maximum atomic E-state index is 4.61. The maximum Gasteiger partial charge on any atom is 0.0657 e. The Kier molecular flexibility index (Phi) is 5.00. The summed E-state index contributed by atoms with van der Waals surface area (Å²) < 4.78 is 3.05. The molecular weight excluding hydrogens is 314 g/mol. The number of nitrogens with one attached hydrogen (secondary N) is 1. The third-order valence-corrected chi connectivity index (χ3v) is 3.94. The molecule has 0 saturated carbocycles. The number of hydrogen-bond donors (Lipinski definition) is 1. The van der Waals surface area contributed by atoms with Crippen LogP contribution in [0.15, 0.2) is 34.9 Å². The van der Waals surface area contributed by atoms with Crippen molar-refractivity contribution in [3.8, 4) is 5.69 Å². The Hall–Kier alpha value is -1.13. The number of benzene rings is 1. The number of hydrogen-bond acceptors (Lipinski definition) is 2. The van der Waals surface area contributed by atoms with Gasteiger partial charge in [0.05, 0.1) is 11.4 Å². The molecule has 20 heavy (non-hydrogen) atoms. The minimum atomic E-state index is 0.453. The second kappa shape index (κ2) is 6.55. The largest absolute Gasteiger partial charge is 0.310 e. The first-order valence-corrected chi connectivity index (χ1v) is 7.84. The zero-order valence-corrected chi connectivity index (χ0v) is 14.1. The van der Waals surface area contributed by atoms with Crippen LogP contribution in [-0.2, 0) is 6.54 Å². The van der Waals surface area contributed by atoms with E-state index in [0.717, 1.165) is 22.4 Å². The van der Waals surface area contributed by atoms with Crippen molar-refractivity contribution in [3.05, 3.63) is 46.2 Å². The van der Waals surface area contributed by atoms with Crippen LogP contribution in [0, 0.1) is 0 Å². The lowest BCUT2D eigenvalue weighted by molar-refractivity contribution is 0.588. The molecule has 0 spiro atoms. The van der Waals surface area contributed by atoms with Crippen LogP contribution < -0.4 is 5.32 Å². The lowest BCUT2D eigenvalue weighted by Crippen LogP contribution is -2.22. The normalized spacial score (nSPS) is 11.6. The molecule has 0 unspecified atom stereocenters. The van der Waals surface area contributed by atoms with Crippen LogP contribution in [0.25, 0.3) is 5.69 Å². The van der Waals surface area contributed by atoms with E-state index >= 15 is 0 Å². The molecular formula is C16H22BrN3. The summed E-state index contributed by atoms with van der Waals surface area (Å²) in [5, 5.41) is 8.03. The highest BCUT2D eigenvalue weighted by molar-refractivity contribution is 9.10. The Bertz CT molecular complexity index is 573. The summed E-state index contributed by atoms with van der Waals surface area (Å²) >= 11 is 3.65. The van der Waals surface area contributed by atoms with Gasteiger partial charge in [0.25, 0.3) is 0 Å². The van der Waals surface area contributed by atoms with Crippen molar-refractivity contribution in [3.63, 3.8) is 0 Å². The molecule has 1 aromatic carbocycles. The lowest BCUT2D eigenvalue weighted by Gasteiger charge is -2.11. The number of halogens is 1. The topological polar surface area (TPSA) is 29.9 Å². The molecule has 0 fully saturated rings. The summed E-state index contributed by atoms with van der Waals surface area (Å²) in [6, 6.07) is 8.94. The van der Waals surface area contributed by atoms with Gasteiger partial charge in [-0.15, -0.1) is 0 Å². The monoisotopic (exact) mass is 335 g/mol. The van der Waals surface area contributed by atoms with E-state index in [4.69, 9.17) is 0 Å². The Labute approximate surface area is 129 Å². The van der Waals surface area contributed by atoms with Crippen LogP contribution in [0.1, 0.15) is 44.9 Å². The molecule has 3 nitrogen and oxygen atoms in total. The van der Waals surface area contributed by atoms with E-state index in [0.29, 0.717) is 12.0 Å². The third kappa shape index (κ3) is 3.70. The van der Waals surface area contributed by atoms with Crippen molar-refractivity contribution in [1.82, 2.24) is 15.1 Å². The highest BCUT2D eigenvalue weighted by atomic mass is 79.9. The fourth-order valence-electron chi connectivity index (χ4n) is 1.93. The highest BCUT2D eigenvalue weighted by Gasteiger charge is 2.07. The molecule has 1 aromatic heterocycles. The van der Waals surface area contributed by atoms with Gasteiger partial charge in [-0.1, -0.05) is 49.7 Å². The minimum absolute atomic E-state index is 0.453. The first-order valence-electron chi connectivity index (χ1n) is 7.05. The van der Waals surface area contributed by atoms with Crippen molar-refractivity contribution < 1.29 is 0 Å². The molecule has 0 atom stereocenters. The van der Waals surface area contributed by atoms with Gasteiger partial charge in [0.15, 0.2) is 0 Å². The van der Waals surface area contributed by atoms with Gasteiger partial charge in [0.1, 0.15) is 0 Å². The van der Waals surface area contributed by atoms with E-state index in [1.807, 2.05) is 10.9 Å². The summed E-state index contributed by atoms with van der Waals surface area (Å²) in [7, 11) is 0. The quantitative estimate of drug-likeness (QED) is 0.884. The first-order chi connectivity index (χ1) is 9.47. The predicted octanol–water partition coefficient (Wildman–Crippen LogP) is 4.26. The minimum Gasteiger partial charge on any atom is -0.310 e. The summed E-state index contributed by atoms with van der Waals surface area (Å²) in [5.74, 6) is 0.453. The van der Waals surface area contributed by atoms with Crippen molar-refractivity contribution in [2.45, 2.75) is 46.2 Å². The Morgan fingerprint density at radius 3 is 2.50 bits per heavy atom. The van der Waals surface area contributed by atoms with Crippen LogP contribution in [0.3, 0.4) is 0 Å². The summed E-state index contributed by atoms with van der Waals surface area (Å²) in [6.45, 7) is 9.49. The SMILES string of the molecule is CC(C)NCc1ccc(-n2ccc(C(C)C)n2)cc1Br. The standard InChI is InChI=1S/C16H22BrN3/c1-11(2)16-7-8-20(19-16)14-6-5-13(15(17)9-14)10-18-12(3)4/h5-9,11-12,18H,10H2,1-4H3. The molecule has 0 amide bonds. The van der Waals surface area contributed by atoms with Gasteiger partial charge in [-0.05, 0) is 29.7 Å². The summed E-state index contributed by atoms with van der Waals surface area (Å²) in [6.07, 6.45) is 2.02. The van der Waals surface area contributed by atoms with E-state index in [2.05, 4.69) is 78.3 Å². The average molecular weight is 336 g/mol. The molecule has 0 aliphatic carbocycles. The van der Waals surface area contributed by atoms with Crippen LogP contribution in [0.5, 0.6) is 0 Å². The van der Waals surface area contributed by atoms with Gasteiger partial charge in [-0.3, -0.25) is 0 Å². The van der Waals surface area contributed by atoms with Crippen LogP contribution in [-0.4, -0.2) is 15.8 Å². The molecule has 1 N–H and O–H groups in total. The zero-order chi connectivity index (χ0) is 14.7. The summed E-state index contributed by atoms with van der Waals surface area (Å²) in [4.78, 5) is 0. The molecule has 4 heteroatoms. The number of aromatic nitrogens is 2. The van der Waals surface area contributed by atoms with Crippen LogP contribution in [0.2, 0.25) is 0 Å². The molecule has 0 radical (unpaired) electrons. The fraction of sp³-hybridized carbons (Fsp3) is 0.438. The van der Waals surface area contributed by atoms with Gasteiger partial charge in [0, 0.05) is 23.3 Å². The van der Waals surface area contributed by atoms with E-state index < -0.39 is 0 Å². The van der Waals surface area contributed by atoms with Crippen molar-refractivity contribution in [1.29, 1.82) is 0 Å². The highest BCUT2D eigenvalue weighted by Crippen LogP contribution is 2.22. The Morgan fingerprint density at radius 1 is 1.20 bits per heavy atom. The molecule has 108 valence electrons. The Morgan fingerprint density at radius 2 is 1.95 bits per heavy atom. The fourth-order valence-corrected chi connectivity index (χ4v) is 2.43. The molecule has 0 bridgehead atoms. The smallest absolute Gasteiger partial charge is 0.0657 e. The van der Waals surface area contributed by atoms with Crippen molar-refractivity contribution in [2.24, 2.45) is 0 Å². The van der Waals surface area contributed by atoms with Gasteiger partial charge < -0.3 is 5.32 Å². The van der Waals surface area contributed by atoms with Crippen LogP contribution >= 0.6 is 15.9 Å². The lowest BCUT2D eigenvalue weighted by atomic mass is 10.1. The van der Waals surface area contributed by atoms with Crippen molar-refractivity contribution in [2.75, 3.05) is 0 Å². The van der Waals surface area contributed by atoms with E-state index in [-0.39, 0.29) is 0 Å². The number of rotatable bonds is 5. The molecule has 2 aromatic rings. The molecule has 0 aliphatic heterocycles. The molecule has 2 rings (SSSR count). The zero-order valence-electron chi connectivity index (χ0n) is 12.5. The molecule has 1 heterocycles. The second-order valence-corrected chi connectivity index (χ2v) is 6.51. The second-order valence-electron chi connectivity index (χ2n) is 5.65. The number of nitrogens with zero attached hydrogens (tertiary/aromatic N) is 2. The van der Waals surface area contributed by atoms with E-state index in [1.54, 1.807) is 0 Å². The van der Waals surface area contributed by atoms with Crippen LogP contribution in [0.4, 0.5) is 0 Å². The Balaban J connectivity index is 2.19. The third-order valence-electron chi connectivity index (χ3n) is 3.20. The van der Waals surface area contributed by atoms with Gasteiger partial charge >= 0.3 is 0 Å².